The van der Waals surface area contributed by atoms with Gasteiger partial charge >= 0.3 is 6.09 Å². The lowest BCUT2D eigenvalue weighted by atomic mass is 10.1. The molecule has 2 N–H and O–H groups in total. The minimum Gasteiger partial charge on any atom is -0.481 e. The second kappa shape index (κ2) is 10.5. The fraction of sp³-hybridized carbons (Fsp3) is 0.611. The Bertz CT molecular complexity index is 642. The Kier molecular flexibility index (Phi) is 9.07. The Morgan fingerprint density at radius 2 is 2.11 bits per heavy atom. The normalized spacial score (nSPS) is 14.7. The van der Waals surface area contributed by atoms with Crippen molar-refractivity contribution >= 4 is 36.0 Å². The molecule has 1 amide bonds. The molecule has 0 aliphatic carbocycles. The molecule has 1 aliphatic rings. The predicted octanol–water partition coefficient (Wildman–Crippen LogP) is 2.38. The fourth-order valence-electron chi connectivity index (χ4n) is 2.39. The van der Waals surface area contributed by atoms with Crippen LogP contribution in [0.5, 0.6) is 5.88 Å². The Hall–Kier alpha value is -1.78. The quantitative estimate of drug-likeness (QED) is 0.374. The number of aromatic nitrogens is 1. The Morgan fingerprint density at radius 3 is 2.70 bits per heavy atom. The summed E-state index contributed by atoms with van der Waals surface area (Å²) in [5, 5.41) is 6.56. The molecule has 0 aromatic carbocycles. The first-order valence-corrected chi connectivity index (χ1v) is 8.82. The SMILES string of the molecule is CCNC(=NCc1ccnc(OC)c1)NC1CN(C(=O)OC(C)(C)C)C1.I. The zero-order valence-corrected chi connectivity index (χ0v) is 18.9. The van der Waals surface area contributed by atoms with Crippen molar-refractivity contribution in [3.8, 4) is 5.88 Å². The highest BCUT2D eigenvalue weighted by molar-refractivity contribution is 14.0. The van der Waals surface area contributed by atoms with Crippen LogP contribution in [0.4, 0.5) is 4.79 Å². The monoisotopic (exact) mass is 491 g/mol. The van der Waals surface area contributed by atoms with Crippen molar-refractivity contribution in [1.82, 2.24) is 20.5 Å². The fourth-order valence-corrected chi connectivity index (χ4v) is 2.39. The van der Waals surface area contributed by atoms with Crippen LogP contribution in [-0.4, -0.2) is 60.3 Å². The summed E-state index contributed by atoms with van der Waals surface area (Å²) in [5.74, 6) is 1.29. The molecular weight excluding hydrogens is 461 g/mol. The van der Waals surface area contributed by atoms with Crippen LogP contribution in [0.3, 0.4) is 0 Å². The van der Waals surface area contributed by atoms with Crippen molar-refractivity contribution in [2.45, 2.75) is 45.9 Å². The van der Waals surface area contributed by atoms with E-state index >= 15 is 0 Å². The van der Waals surface area contributed by atoms with Gasteiger partial charge < -0.3 is 25.0 Å². The van der Waals surface area contributed by atoms with Crippen LogP contribution < -0.4 is 15.4 Å². The number of nitrogens with zero attached hydrogens (tertiary/aromatic N) is 3. The third-order valence-electron chi connectivity index (χ3n) is 3.65. The third kappa shape index (κ3) is 7.77. The molecule has 1 aliphatic heterocycles. The highest BCUT2D eigenvalue weighted by Crippen LogP contribution is 2.15. The number of hydrogen-bond acceptors (Lipinski definition) is 5. The van der Waals surface area contributed by atoms with Crippen LogP contribution in [-0.2, 0) is 11.3 Å². The number of guanidine groups is 1. The summed E-state index contributed by atoms with van der Waals surface area (Å²) in [5.41, 5.74) is 0.537. The van der Waals surface area contributed by atoms with Crippen LogP contribution in [0, 0.1) is 0 Å². The second-order valence-electron chi connectivity index (χ2n) is 7.13. The van der Waals surface area contributed by atoms with E-state index in [0.29, 0.717) is 25.5 Å². The first-order chi connectivity index (χ1) is 12.3. The standard InChI is InChI=1S/C18H29N5O3.HI/c1-6-19-16(21-10-13-7-8-20-15(9-13)25-5)22-14-11-23(12-14)17(24)26-18(2,3)4;/h7-9,14H,6,10-12H2,1-5H3,(H2,19,21,22);1H. The summed E-state index contributed by atoms with van der Waals surface area (Å²) in [6.07, 6.45) is 1.43. The molecule has 0 spiro atoms. The molecule has 8 nitrogen and oxygen atoms in total. The minimum atomic E-state index is -0.475. The molecule has 0 unspecified atom stereocenters. The molecule has 0 atom stereocenters. The van der Waals surface area contributed by atoms with E-state index in [4.69, 9.17) is 9.47 Å². The van der Waals surface area contributed by atoms with Crippen molar-refractivity contribution < 1.29 is 14.3 Å². The maximum Gasteiger partial charge on any atom is 0.410 e. The number of rotatable bonds is 5. The van der Waals surface area contributed by atoms with Crippen LogP contribution >= 0.6 is 24.0 Å². The van der Waals surface area contributed by atoms with Gasteiger partial charge in [0.05, 0.1) is 19.7 Å². The van der Waals surface area contributed by atoms with E-state index in [1.165, 1.54) is 0 Å². The number of aliphatic imine (C=N–C) groups is 1. The summed E-state index contributed by atoms with van der Waals surface area (Å²) < 4.78 is 10.5. The van der Waals surface area contributed by atoms with Crippen LogP contribution in [0.25, 0.3) is 0 Å². The summed E-state index contributed by atoms with van der Waals surface area (Å²) in [7, 11) is 1.59. The topological polar surface area (TPSA) is 88.1 Å². The van der Waals surface area contributed by atoms with Gasteiger partial charge in [0.15, 0.2) is 5.96 Å². The summed E-state index contributed by atoms with van der Waals surface area (Å²) in [4.78, 5) is 22.3. The van der Waals surface area contributed by atoms with Gasteiger partial charge in [-0.3, -0.25) is 0 Å². The number of carbonyl (C=O) groups is 1. The van der Waals surface area contributed by atoms with Crippen LogP contribution in [0.1, 0.15) is 33.3 Å². The van der Waals surface area contributed by atoms with E-state index in [1.54, 1.807) is 18.2 Å². The molecule has 1 aromatic heterocycles. The molecule has 1 aromatic rings. The average molecular weight is 491 g/mol. The molecule has 0 bridgehead atoms. The number of likely N-dealkylation sites (tertiary alicyclic amines) is 1. The largest absolute Gasteiger partial charge is 0.481 e. The number of methoxy groups -OCH3 is 1. The molecule has 1 saturated heterocycles. The number of halogens is 1. The summed E-state index contributed by atoms with van der Waals surface area (Å²) in [6.45, 7) is 10.1. The van der Waals surface area contributed by atoms with E-state index < -0.39 is 5.60 Å². The van der Waals surface area contributed by atoms with Crippen LogP contribution in [0.2, 0.25) is 0 Å². The van der Waals surface area contributed by atoms with Crippen molar-refractivity contribution in [3.63, 3.8) is 0 Å². The van der Waals surface area contributed by atoms with E-state index in [9.17, 15) is 4.79 Å². The Morgan fingerprint density at radius 1 is 1.41 bits per heavy atom. The highest BCUT2D eigenvalue weighted by atomic mass is 127. The number of nitrogens with one attached hydrogen (secondary N) is 2. The van der Waals surface area contributed by atoms with Gasteiger partial charge in [0.1, 0.15) is 5.60 Å². The van der Waals surface area contributed by atoms with Gasteiger partial charge in [-0.25, -0.2) is 14.8 Å². The molecule has 9 heteroatoms. The molecule has 2 heterocycles. The number of pyridine rings is 1. The summed E-state index contributed by atoms with van der Waals surface area (Å²) in [6, 6.07) is 3.93. The van der Waals surface area contributed by atoms with Gasteiger partial charge in [-0.1, -0.05) is 0 Å². The smallest absolute Gasteiger partial charge is 0.410 e. The lowest BCUT2D eigenvalue weighted by molar-refractivity contribution is 0.00701. The number of hydrogen-bond donors (Lipinski definition) is 2. The zero-order valence-electron chi connectivity index (χ0n) is 16.6. The molecular formula is C18H30IN5O3. The van der Waals surface area contributed by atoms with Gasteiger partial charge in [-0.05, 0) is 39.3 Å². The first-order valence-electron chi connectivity index (χ1n) is 8.82. The predicted molar refractivity (Wildman–Crippen MR) is 116 cm³/mol. The molecule has 1 fully saturated rings. The van der Waals surface area contributed by atoms with E-state index in [2.05, 4.69) is 20.6 Å². The second-order valence-corrected chi connectivity index (χ2v) is 7.13. The minimum absolute atomic E-state index is 0. The van der Waals surface area contributed by atoms with Crippen molar-refractivity contribution in [2.75, 3.05) is 26.7 Å². The van der Waals surface area contributed by atoms with Crippen molar-refractivity contribution in [2.24, 2.45) is 4.99 Å². The Labute approximate surface area is 178 Å². The molecule has 27 heavy (non-hydrogen) atoms. The van der Waals surface area contributed by atoms with Gasteiger partial charge in [0.2, 0.25) is 5.88 Å². The lowest BCUT2D eigenvalue weighted by Gasteiger charge is -2.40. The molecule has 2 rings (SSSR count). The maximum atomic E-state index is 12.0. The van der Waals surface area contributed by atoms with Gasteiger partial charge in [-0.15, -0.1) is 24.0 Å². The maximum absolute atomic E-state index is 12.0. The number of amides is 1. The average Bonchev–Trinajstić information content (AvgIpc) is 2.53. The van der Waals surface area contributed by atoms with E-state index in [1.807, 2.05) is 39.8 Å². The molecule has 0 radical (unpaired) electrons. The van der Waals surface area contributed by atoms with Gasteiger partial charge in [-0.2, -0.15) is 0 Å². The Balaban J connectivity index is 0.00000364. The van der Waals surface area contributed by atoms with E-state index in [-0.39, 0.29) is 36.1 Å². The van der Waals surface area contributed by atoms with E-state index in [0.717, 1.165) is 18.1 Å². The highest BCUT2D eigenvalue weighted by Gasteiger charge is 2.34. The summed E-state index contributed by atoms with van der Waals surface area (Å²) >= 11 is 0. The third-order valence-corrected chi connectivity index (χ3v) is 3.65. The number of carbonyl (C=O) groups excluding carboxylic acids is 1. The van der Waals surface area contributed by atoms with Crippen molar-refractivity contribution in [1.29, 1.82) is 0 Å². The zero-order chi connectivity index (χ0) is 19.2. The van der Waals surface area contributed by atoms with Crippen LogP contribution in [0.15, 0.2) is 23.3 Å². The van der Waals surface area contributed by atoms with Crippen molar-refractivity contribution in [3.05, 3.63) is 23.9 Å². The van der Waals surface area contributed by atoms with Gasteiger partial charge in [0, 0.05) is 31.9 Å². The molecule has 0 saturated carbocycles. The lowest BCUT2D eigenvalue weighted by Crippen LogP contribution is -2.63. The first kappa shape index (κ1) is 23.3. The molecule has 152 valence electrons. The number of ether oxygens (including phenoxy) is 2. The van der Waals surface area contributed by atoms with Gasteiger partial charge in [0.25, 0.3) is 0 Å².